The van der Waals surface area contributed by atoms with Crippen LogP contribution in [0, 0.1) is 6.92 Å². The van der Waals surface area contributed by atoms with Crippen molar-refractivity contribution in [1.29, 1.82) is 0 Å². The van der Waals surface area contributed by atoms with Crippen LogP contribution in [0.4, 0.5) is 0 Å². The summed E-state index contributed by atoms with van der Waals surface area (Å²) in [7, 11) is 5.36. The van der Waals surface area contributed by atoms with Crippen molar-refractivity contribution in [1.82, 2.24) is 9.80 Å². The monoisotopic (exact) mass is 452 g/mol. The summed E-state index contributed by atoms with van der Waals surface area (Å²) in [6.07, 6.45) is 0.853. The summed E-state index contributed by atoms with van der Waals surface area (Å²) in [4.78, 5) is 29.6. The Bertz CT molecular complexity index is 1040. The zero-order valence-corrected chi connectivity index (χ0v) is 19.9. The van der Waals surface area contributed by atoms with Gasteiger partial charge in [0.15, 0.2) is 11.5 Å². The number of aliphatic hydroxyl groups is 1. The molecule has 0 unspecified atom stereocenters. The summed E-state index contributed by atoms with van der Waals surface area (Å²) in [5.74, 6) is -0.403. The van der Waals surface area contributed by atoms with Crippen molar-refractivity contribution in [2.24, 2.45) is 0 Å². The molecule has 0 spiro atoms. The average Bonchev–Trinajstić information content (AvgIpc) is 3.06. The molecule has 1 atom stereocenters. The quantitative estimate of drug-likeness (QED) is 0.354. The maximum atomic E-state index is 13.1. The number of likely N-dealkylation sites (tertiary alicyclic amines) is 1. The van der Waals surface area contributed by atoms with E-state index in [1.807, 2.05) is 51.0 Å². The van der Waals surface area contributed by atoms with Crippen LogP contribution < -0.4 is 9.47 Å². The van der Waals surface area contributed by atoms with E-state index in [0.717, 1.165) is 12.0 Å². The number of hydrogen-bond acceptors (Lipinski definition) is 6. The van der Waals surface area contributed by atoms with E-state index in [9.17, 15) is 14.7 Å². The molecule has 0 aromatic heterocycles. The fourth-order valence-electron chi connectivity index (χ4n) is 3.82. The Balaban J connectivity index is 2.14. The third kappa shape index (κ3) is 5.20. The van der Waals surface area contributed by atoms with Crippen molar-refractivity contribution in [2.75, 3.05) is 40.9 Å². The molecule has 1 N–H and O–H groups in total. The lowest BCUT2D eigenvalue weighted by Crippen LogP contribution is -2.35. The van der Waals surface area contributed by atoms with Crippen LogP contribution in [0.25, 0.3) is 5.76 Å². The second kappa shape index (κ2) is 10.5. The second-order valence-electron chi connectivity index (χ2n) is 8.42. The first-order valence-electron chi connectivity index (χ1n) is 11.1. The topological polar surface area (TPSA) is 79.3 Å². The molecule has 1 saturated heterocycles. The molecule has 1 aliphatic heterocycles. The first-order valence-corrected chi connectivity index (χ1v) is 11.1. The van der Waals surface area contributed by atoms with E-state index in [2.05, 4.69) is 0 Å². The van der Waals surface area contributed by atoms with E-state index in [4.69, 9.17) is 9.47 Å². The van der Waals surface area contributed by atoms with Gasteiger partial charge in [0.05, 0.1) is 25.3 Å². The Morgan fingerprint density at radius 2 is 1.79 bits per heavy atom. The van der Waals surface area contributed by atoms with Gasteiger partial charge in [-0.15, -0.1) is 0 Å². The summed E-state index contributed by atoms with van der Waals surface area (Å²) in [6, 6.07) is 11.8. The van der Waals surface area contributed by atoms with E-state index in [0.29, 0.717) is 42.3 Å². The Hall–Kier alpha value is -3.32. The Morgan fingerprint density at radius 3 is 2.39 bits per heavy atom. The van der Waals surface area contributed by atoms with Gasteiger partial charge in [-0.2, -0.15) is 0 Å². The van der Waals surface area contributed by atoms with Gasteiger partial charge in [-0.05, 0) is 45.1 Å². The summed E-state index contributed by atoms with van der Waals surface area (Å²) >= 11 is 0. The number of Topliss-reactive ketones (excluding diaryl/α,β-unsaturated/α-hetero) is 1. The Kier molecular flexibility index (Phi) is 7.76. The van der Waals surface area contributed by atoms with E-state index in [1.54, 1.807) is 31.4 Å². The number of carbonyl (C=O) groups is 2. The molecule has 1 fully saturated rings. The lowest BCUT2D eigenvalue weighted by molar-refractivity contribution is -0.140. The molecule has 0 saturated carbocycles. The fraction of sp³-hybridized carbons (Fsp3) is 0.385. The number of benzene rings is 2. The van der Waals surface area contributed by atoms with Gasteiger partial charge >= 0.3 is 0 Å². The number of likely N-dealkylation sites (N-methyl/N-ethyl adjacent to an activating group) is 1. The van der Waals surface area contributed by atoms with Gasteiger partial charge in [0, 0.05) is 18.7 Å². The predicted octanol–water partition coefficient (Wildman–Crippen LogP) is 3.78. The number of hydrogen-bond donors (Lipinski definition) is 1. The molecule has 2 aromatic carbocycles. The maximum absolute atomic E-state index is 13.1. The molecule has 7 nitrogen and oxygen atoms in total. The molecule has 3 rings (SSSR count). The summed E-state index contributed by atoms with van der Waals surface area (Å²) in [6.45, 7) is 5.42. The zero-order valence-electron chi connectivity index (χ0n) is 19.9. The van der Waals surface area contributed by atoms with Crippen LogP contribution in [0.2, 0.25) is 0 Å². The minimum Gasteiger partial charge on any atom is -0.507 e. The minimum atomic E-state index is -0.736. The second-order valence-corrected chi connectivity index (χ2v) is 8.42. The first-order chi connectivity index (χ1) is 15.8. The van der Waals surface area contributed by atoms with Crippen LogP contribution in [0.1, 0.15) is 36.1 Å². The van der Waals surface area contributed by atoms with Crippen molar-refractivity contribution in [3.63, 3.8) is 0 Å². The molecular weight excluding hydrogens is 420 g/mol. The number of methoxy groups -OCH3 is 1. The summed E-state index contributed by atoms with van der Waals surface area (Å²) in [5.41, 5.74) is 2.27. The molecule has 33 heavy (non-hydrogen) atoms. The van der Waals surface area contributed by atoms with Gasteiger partial charge in [-0.25, -0.2) is 0 Å². The van der Waals surface area contributed by atoms with E-state index in [1.165, 1.54) is 4.90 Å². The number of carbonyl (C=O) groups excluding carboxylic acids is 2. The minimum absolute atomic E-state index is 0.0758. The van der Waals surface area contributed by atoms with Crippen LogP contribution in [0.15, 0.2) is 48.0 Å². The molecule has 176 valence electrons. The number of ether oxygens (including phenoxy) is 2. The number of aliphatic hydroxyl groups excluding tert-OH is 1. The Labute approximate surface area is 195 Å². The van der Waals surface area contributed by atoms with Gasteiger partial charge < -0.3 is 24.4 Å². The molecular formula is C26H32N2O5. The molecule has 1 heterocycles. The van der Waals surface area contributed by atoms with E-state index < -0.39 is 17.7 Å². The maximum Gasteiger partial charge on any atom is 0.295 e. The van der Waals surface area contributed by atoms with Crippen molar-refractivity contribution in [3.8, 4) is 11.5 Å². The standard InChI is InChI=1S/C26H32N2O5/c1-6-15-33-20-12-11-19(16-21(20)32-5)23-22(24(29)18-9-7-17(2)8-10-18)25(30)26(31)28(23)14-13-27(3)4/h7-12,16,23,29H,6,13-15H2,1-5H3/b24-22+/t23-/m0/s1. The van der Waals surface area contributed by atoms with Gasteiger partial charge in [-0.1, -0.05) is 42.8 Å². The summed E-state index contributed by atoms with van der Waals surface area (Å²) in [5, 5.41) is 11.1. The van der Waals surface area contributed by atoms with Crippen LogP contribution in [-0.4, -0.2) is 67.5 Å². The number of nitrogens with zero attached hydrogens (tertiary/aromatic N) is 2. The molecule has 0 bridgehead atoms. The fourth-order valence-corrected chi connectivity index (χ4v) is 3.82. The molecule has 1 amide bonds. The van der Waals surface area contributed by atoms with Crippen molar-refractivity contribution < 1.29 is 24.2 Å². The number of rotatable bonds is 9. The van der Waals surface area contributed by atoms with Crippen LogP contribution in [-0.2, 0) is 9.59 Å². The van der Waals surface area contributed by atoms with Crippen LogP contribution >= 0.6 is 0 Å². The van der Waals surface area contributed by atoms with Gasteiger partial charge in [0.2, 0.25) is 0 Å². The third-order valence-electron chi connectivity index (χ3n) is 5.62. The highest BCUT2D eigenvalue weighted by molar-refractivity contribution is 6.46. The van der Waals surface area contributed by atoms with Crippen molar-refractivity contribution in [3.05, 3.63) is 64.7 Å². The number of amides is 1. The van der Waals surface area contributed by atoms with Gasteiger partial charge in [0.25, 0.3) is 11.7 Å². The molecule has 0 radical (unpaired) electrons. The molecule has 1 aliphatic rings. The van der Waals surface area contributed by atoms with E-state index in [-0.39, 0.29) is 11.3 Å². The molecule has 2 aromatic rings. The Morgan fingerprint density at radius 1 is 1.09 bits per heavy atom. The third-order valence-corrected chi connectivity index (χ3v) is 5.62. The van der Waals surface area contributed by atoms with Crippen molar-refractivity contribution >= 4 is 17.4 Å². The first kappa shape index (κ1) is 24.3. The number of aryl methyl sites for hydroxylation is 1. The highest BCUT2D eigenvalue weighted by Crippen LogP contribution is 2.41. The smallest absolute Gasteiger partial charge is 0.295 e. The lowest BCUT2D eigenvalue weighted by Gasteiger charge is -2.27. The average molecular weight is 453 g/mol. The van der Waals surface area contributed by atoms with Crippen LogP contribution in [0.5, 0.6) is 11.5 Å². The zero-order chi connectivity index (χ0) is 24.1. The largest absolute Gasteiger partial charge is 0.507 e. The lowest BCUT2D eigenvalue weighted by atomic mass is 9.94. The SMILES string of the molecule is CCCOc1ccc([C@H]2/C(=C(\O)c3ccc(C)cc3)C(=O)C(=O)N2CCN(C)C)cc1OC. The highest BCUT2D eigenvalue weighted by atomic mass is 16.5. The van der Waals surface area contributed by atoms with Gasteiger partial charge in [-0.3, -0.25) is 9.59 Å². The number of ketones is 1. The molecule has 7 heteroatoms. The highest BCUT2D eigenvalue weighted by Gasteiger charge is 2.46. The normalized spacial score (nSPS) is 17.6. The van der Waals surface area contributed by atoms with Crippen LogP contribution in [0.3, 0.4) is 0 Å². The van der Waals surface area contributed by atoms with Crippen molar-refractivity contribution in [2.45, 2.75) is 26.3 Å². The predicted molar refractivity (Wildman–Crippen MR) is 128 cm³/mol. The van der Waals surface area contributed by atoms with Gasteiger partial charge in [0.1, 0.15) is 5.76 Å². The van der Waals surface area contributed by atoms with E-state index >= 15 is 0 Å². The summed E-state index contributed by atoms with van der Waals surface area (Å²) < 4.78 is 11.3. The molecule has 0 aliphatic carbocycles.